The van der Waals surface area contributed by atoms with Gasteiger partial charge in [-0.25, -0.2) is 0 Å². The van der Waals surface area contributed by atoms with Crippen molar-refractivity contribution in [2.45, 2.75) is 44.7 Å². The van der Waals surface area contributed by atoms with Crippen molar-refractivity contribution in [3.05, 3.63) is 70.3 Å². The molecule has 3 aliphatic rings. The molecule has 0 aliphatic carbocycles. The highest BCUT2D eigenvalue weighted by Gasteiger charge is 2.37. The molecule has 200 valence electrons. The third kappa shape index (κ3) is 6.28. The first-order valence-electron chi connectivity index (χ1n) is 13.4. The van der Waals surface area contributed by atoms with Gasteiger partial charge in [-0.2, -0.15) is 0 Å². The van der Waals surface area contributed by atoms with Crippen molar-refractivity contribution in [3.8, 4) is 0 Å². The van der Waals surface area contributed by atoms with Crippen LogP contribution in [-0.2, 0) is 44.9 Å². The average molecular weight is 519 g/mol. The van der Waals surface area contributed by atoms with Crippen LogP contribution in [0.5, 0.6) is 0 Å². The number of imide groups is 1. The molecule has 9 heteroatoms. The quantitative estimate of drug-likeness (QED) is 0.509. The van der Waals surface area contributed by atoms with E-state index in [2.05, 4.69) is 27.7 Å². The smallest absolute Gasteiger partial charge is 0.254 e. The van der Waals surface area contributed by atoms with Crippen LogP contribution in [0.3, 0.4) is 0 Å². The molecule has 2 aromatic carbocycles. The molecular formula is C29H34N4O5. The van der Waals surface area contributed by atoms with Crippen LogP contribution >= 0.6 is 0 Å². The van der Waals surface area contributed by atoms with Crippen molar-refractivity contribution in [1.82, 2.24) is 20.4 Å². The summed E-state index contributed by atoms with van der Waals surface area (Å²) in [6.45, 7) is 5.33. The van der Waals surface area contributed by atoms with Gasteiger partial charge in [-0.15, -0.1) is 0 Å². The number of benzene rings is 2. The van der Waals surface area contributed by atoms with Gasteiger partial charge in [0, 0.05) is 44.7 Å². The van der Waals surface area contributed by atoms with Crippen molar-refractivity contribution < 1.29 is 23.9 Å². The van der Waals surface area contributed by atoms with Gasteiger partial charge in [-0.05, 0) is 47.6 Å². The van der Waals surface area contributed by atoms with Crippen LogP contribution in [0.4, 0.5) is 0 Å². The molecule has 0 radical (unpaired) electrons. The fraction of sp³-hybridized carbons (Fsp3) is 0.448. The Morgan fingerprint density at radius 2 is 1.79 bits per heavy atom. The molecule has 0 aromatic heterocycles. The molecule has 3 heterocycles. The van der Waals surface area contributed by atoms with Crippen LogP contribution in [-0.4, -0.2) is 78.9 Å². The molecule has 2 N–H and O–H groups in total. The van der Waals surface area contributed by atoms with Crippen LogP contribution in [0.25, 0.3) is 0 Å². The lowest BCUT2D eigenvalue weighted by Gasteiger charge is -2.36. The van der Waals surface area contributed by atoms with Crippen LogP contribution in [0, 0.1) is 0 Å². The number of morpholine rings is 1. The second-order valence-corrected chi connectivity index (χ2v) is 10.2. The molecule has 0 saturated carbocycles. The maximum Gasteiger partial charge on any atom is 0.254 e. The Morgan fingerprint density at radius 1 is 0.974 bits per heavy atom. The van der Waals surface area contributed by atoms with Gasteiger partial charge in [0.1, 0.15) is 6.04 Å². The summed E-state index contributed by atoms with van der Waals surface area (Å²) >= 11 is 0. The van der Waals surface area contributed by atoms with Crippen LogP contribution in [0.2, 0.25) is 0 Å². The summed E-state index contributed by atoms with van der Waals surface area (Å²) < 4.78 is 5.41. The molecule has 3 aliphatic heterocycles. The maximum atomic E-state index is 13.1. The van der Waals surface area contributed by atoms with Crippen LogP contribution < -0.4 is 10.6 Å². The van der Waals surface area contributed by atoms with Gasteiger partial charge in [0.2, 0.25) is 17.7 Å². The Kier molecular flexibility index (Phi) is 8.14. The number of nitrogens with zero attached hydrogens (tertiary/aromatic N) is 2. The number of rotatable bonds is 8. The predicted molar refractivity (Wildman–Crippen MR) is 140 cm³/mol. The van der Waals surface area contributed by atoms with E-state index in [4.69, 9.17) is 4.74 Å². The lowest BCUT2D eigenvalue weighted by molar-refractivity contribution is -0.137. The van der Waals surface area contributed by atoms with E-state index in [1.807, 2.05) is 24.3 Å². The standard InChI is InChI=1S/C29H34N4O5/c34-26-7-6-25(28(36)31-26)33-11-9-23-17-22(4-5-24(23)29(33)37)19-30-27(35)18-21-3-1-2-20(16-21)8-10-32-12-14-38-15-13-32/h1-5,16-17,25H,6-15,18-19H2,(H,30,35)(H,31,34,36). The van der Waals surface area contributed by atoms with E-state index in [1.165, 1.54) is 5.56 Å². The van der Waals surface area contributed by atoms with Gasteiger partial charge in [-0.1, -0.05) is 36.4 Å². The first-order chi connectivity index (χ1) is 18.5. The molecule has 2 aromatic rings. The van der Waals surface area contributed by atoms with Gasteiger partial charge >= 0.3 is 0 Å². The van der Waals surface area contributed by atoms with Gasteiger partial charge in [0.25, 0.3) is 5.91 Å². The van der Waals surface area contributed by atoms with Crippen molar-refractivity contribution in [2.24, 2.45) is 0 Å². The van der Waals surface area contributed by atoms with E-state index in [1.54, 1.807) is 11.0 Å². The zero-order chi connectivity index (χ0) is 26.5. The normalized spacial score (nSPS) is 20.2. The number of piperidine rings is 1. The van der Waals surface area contributed by atoms with Crippen molar-refractivity contribution in [2.75, 3.05) is 39.4 Å². The lowest BCUT2D eigenvalue weighted by Crippen LogP contribution is -2.55. The van der Waals surface area contributed by atoms with Gasteiger partial charge in [0.05, 0.1) is 19.6 Å². The monoisotopic (exact) mass is 518 g/mol. The van der Waals surface area contributed by atoms with E-state index >= 15 is 0 Å². The molecule has 38 heavy (non-hydrogen) atoms. The third-order valence-corrected chi connectivity index (χ3v) is 7.54. The molecule has 9 nitrogen and oxygen atoms in total. The van der Waals surface area contributed by atoms with Gasteiger partial charge in [-0.3, -0.25) is 29.4 Å². The topological polar surface area (TPSA) is 108 Å². The molecule has 2 fully saturated rings. The van der Waals surface area contributed by atoms with Gasteiger partial charge < -0.3 is 15.0 Å². The summed E-state index contributed by atoms with van der Waals surface area (Å²) in [7, 11) is 0. The minimum absolute atomic E-state index is 0.0480. The zero-order valence-corrected chi connectivity index (χ0v) is 21.5. The molecule has 1 unspecified atom stereocenters. The molecule has 0 bridgehead atoms. The van der Waals surface area contributed by atoms with E-state index in [9.17, 15) is 19.2 Å². The summed E-state index contributed by atoms with van der Waals surface area (Å²) in [5.41, 5.74) is 4.64. The first-order valence-corrected chi connectivity index (χ1v) is 13.4. The molecule has 1 atom stereocenters. The molecule has 5 rings (SSSR count). The second kappa shape index (κ2) is 11.9. The Hall–Kier alpha value is -3.56. The Balaban J connectivity index is 1.13. The highest BCUT2D eigenvalue weighted by atomic mass is 16.5. The molecule has 4 amide bonds. The number of nitrogens with one attached hydrogen (secondary N) is 2. The van der Waals surface area contributed by atoms with Crippen molar-refractivity contribution in [3.63, 3.8) is 0 Å². The number of ether oxygens (including phenoxy) is 1. The summed E-state index contributed by atoms with van der Waals surface area (Å²) in [6, 6.07) is 13.2. The average Bonchev–Trinajstić information content (AvgIpc) is 2.92. The summed E-state index contributed by atoms with van der Waals surface area (Å²) in [6.07, 6.45) is 2.48. The number of fused-ring (bicyclic) bond motifs is 1. The maximum absolute atomic E-state index is 13.1. The van der Waals surface area contributed by atoms with E-state index in [-0.39, 0.29) is 24.1 Å². The van der Waals surface area contributed by atoms with Crippen LogP contribution in [0.15, 0.2) is 42.5 Å². The molecular weight excluding hydrogens is 484 g/mol. The second-order valence-electron chi connectivity index (χ2n) is 10.2. The number of amides is 4. The Labute approximate surface area is 222 Å². The van der Waals surface area contributed by atoms with Crippen molar-refractivity contribution >= 4 is 23.6 Å². The Morgan fingerprint density at radius 3 is 2.61 bits per heavy atom. The van der Waals surface area contributed by atoms with E-state index in [0.717, 1.165) is 56.0 Å². The number of hydrogen-bond acceptors (Lipinski definition) is 6. The lowest BCUT2D eigenvalue weighted by atomic mass is 9.93. The minimum atomic E-state index is -0.606. The predicted octanol–water partition coefficient (Wildman–Crippen LogP) is 1.22. The van der Waals surface area contributed by atoms with Crippen molar-refractivity contribution in [1.29, 1.82) is 0 Å². The highest BCUT2D eigenvalue weighted by Crippen LogP contribution is 2.24. The fourth-order valence-corrected chi connectivity index (χ4v) is 5.40. The number of carbonyl (C=O) groups excluding carboxylic acids is 4. The molecule has 2 saturated heterocycles. The fourth-order valence-electron chi connectivity index (χ4n) is 5.40. The highest BCUT2D eigenvalue weighted by molar-refractivity contribution is 6.04. The number of hydrogen-bond donors (Lipinski definition) is 2. The van der Waals surface area contributed by atoms with Crippen LogP contribution in [0.1, 0.15) is 45.5 Å². The van der Waals surface area contributed by atoms with E-state index < -0.39 is 11.9 Å². The Bertz CT molecular complexity index is 1220. The number of carbonyl (C=O) groups is 4. The summed E-state index contributed by atoms with van der Waals surface area (Å²) in [4.78, 5) is 53.4. The SMILES string of the molecule is O=C(Cc1cccc(CCN2CCOCC2)c1)NCc1ccc2c(c1)CCN(C1CCC(=O)NC1=O)C2=O. The third-order valence-electron chi connectivity index (χ3n) is 7.54. The minimum Gasteiger partial charge on any atom is -0.379 e. The largest absolute Gasteiger partial charge is 0.379 e. The zero-order valence-electron chi connectivity index (χ0n) is 21.5. The summed E-state index contributed by atoms with van der Waals surface area (Å²) in [5.74, 6) is -0.933. The molecule has 0 spiro atoms. The summed E-state index contributed by atoms with van der Waals surface area (Å²) in [5, 5.41) is 5.33. The first kappa shape index (κ1) is 26.1. The van der Waals surface area contributed by atoms with E-state index in [0.29, 0.717) is 37.9 Å². The van der Waals surface area contributed by atoms with Gasteiger partial charge in [0.15, 0.2) is 0 Å².